The largest absolute Gasteiger partial charge is 0.496 e. The van der Waals surface area contributed by atoms with Gasteiger partial charge in [0.25, 0.3) is 0 Å². The molecule has 0 spiro atoms. The smallest absolute Gasteiger partial charge is 0.246 e. The van der Waals surface area contributed by atoms with Crippen LogP contribution in [0.25, 0.3) is 6.08 Å². The van der Waals surface area contributed by atoms with Gasteiger partial charge in [-0.15, -0.1) is 0 Å². The molecular weight excluding hydrogens is 328 g/mol. The van der Waals surface area contributed by atoms with E-state index in [0.717, 1.165) is 50.1 Å². The highest BCUT2D eigenvalue weighted by Crippen LogP contribution is 2.23. The van der Waals surface area contributed by atoms with Crippen molar-refractivity contribution in [1.29, 1.82) is 0 Å². The van der Waals surface area contributed by atoms with E-state index in [1.165, 1.54) is 6.42 Å². The molecule has 0 bridgehead atoms. The molecule has 140 valence electrons. The number of carbonyl (C=O) groups excluding carboxylic acids is 2. The Kier molecular flexibility index (Phi) is 6.31. The van der Waals surface area contributed by atoms with Gasteiger partial charge >= 0.3 is 0 Å². The third-order valence-electron chi connectivity index (χ3n) is 5.37. The van der Waals surface area contributed by atoms with E-state index in [1.54, 1.807) is 19.3 Å². The number of hydrogen-bond donors (Lipinski definition) is 0. The molecule has 0 N–H and O–H groups in total. The number of piperidine rings is 2. The molecule has 3 rings (SSSR count). The summed E-state index contributed by atoms with van der Waals surface area (Å²) in [5.41, 5.74) is 0.888. The lowest BCUT2D eigenvalue weighted by Crippen LogP contribution is -2.45. The molecule has 2 aliphatic rings. The van der Waals surface area contributed by atoms with Crippen LogP contribution in [0.3, 0.4) is 0 Å². The zero-order valence-corrected chi connectivity index (χ0v) is 15.5. The number of benzene rings is 1. The van der Waals surface area contributed by atoms with Gasteiger partial charge in [0.05, 0.1) is 7.11 Å². The Balaban J connectivity index is 1.52. The molecule has 1 aromatic carbocycles. The van der Waals surface area contributed by atoms with Crippen LogP contribution in [0.5, 0.6) is 5.75 Å². The first kappa shape index (κ1) is 18.5. The molecule has 0 aliphatic carbocycles. The Bertz CT molecular complexity index is 657. The van der Waals surface area contributed by atoms with Gasteiger partial charge in [0.15, 0.2) is 0 Å². The van der Waals surface area contributed by atoms with Crippen LogP contribution in [0, 0.1) is 5.92 Å². The minimum absolute atomic E-state index is 0.000206. The summed E-state index contributed by atoms with van der Waals surface area (Å²) in [5.74, 6) is 1.12. The Morgan fingerprint density at radius 1 is 1.00 bits per heavy atom. The van der Waals surface area contributed by atoms with Crippen LogP contribution in [-0.4, -0.2) is 54.9 Å². The number of carbonyl (C=O) groups is 2. The van der Waals surface area contributed by atoms with Gasteiger partial charge in [-0.1, -0.05) is 18.2 Å². The molecule has 0 unspecified atom stereocenters. The quantitative estimate of drug-likeness (QED) is 0.780. The molecule has 0 radical (unpaired) electrons. The number of rotatable bonds is 4. The van der Waals surface area contributed by atoms with Crippen molar-refractivity contribution in [3.63, 3.8) is 0 Å². The number of nitrogens with zero attached hydrogens (tertiary/aromatic N) is 2. The zero-order valence-electron chi connectivity index (χ0n) is 15.5. The number of likely N-dealkylation sites (tertiary alicyclic amines) is 2. The van der Waals surface area contributed by atoms with Crippen molar-refractivity contribution >= 4 is 17.9 Å². The first-order valence-corrected chi connectivity index (χ1v) is 9.58. The van der Waals surface area contributed by atoms with Gasteiger partial charge in [0, 0.05) is 43.7 Å². The second-order valence-electron chi connectivity index (χ2n) is 7.06. The van der Waals surface area contributed by atoms with E-state index in [9.17, 15) is 9.59 Å². The standard InChI is InChI=1S/C21H28N2O3/c1-26-19-8-4-3-7-17(19)9-10-20(24)22-15-11-18(12-16-22)21(25)23-13-5-2-6-14-23/h3-4,7-10,18H,2,5-6,11-16H2,1H3/b10-9+. The highest BCUT2D eigenvalue weighted by atomic mass is 16.5. The lowest BCUT2D eigenvalue weighted by Gasteiger charge is -2.35. The van der Waals surface area contributed by atoms with Crippen LogP contribution in [0.4, 0.5) is 0 Å². The van der Waals surface area contributed by atoms with E-state index in [1.807, 2.05) is 34.1 Å². The van der Waals surface area contributed by atoms with Crippen LogP contribution in [-0.2, 0) is 9.59 Å². The normalized spacial score (nSPS) is 19.0. The summed E-state index contributed by atoms with van der Waals surface area (Å²) in [6.45, 7) is 3.11. The van der Waals surface area contributed by atoms with Gasteiger partial charge in [0.1, 0.15) is 5.75 Å². The van der Waals surface area contributed by atoms with Crippen LogP contribution in [0.1, 0.15) is 37.7 Å². The summed E-state index contributed by atoms with van der Waals surface area (Å²) in [5, 5.41) is 0. The van der Waals surface area contributed by atoms with Crippen molar-refractivity contribution < 1.29 is 14.3 Å². The van der Waals surface area contributed by atoms with Crippen molar-refractivity contribution in [2.75, 3.05) is 33.3 Å². The van der Waals surface area contributed by atoms with Gasteiger partial charge in [-0.3, -0.25) is 9.59 Å². The Hall–Kier alpha value is -2.30. The summed E-state index contributed by atoms with van der Waals surface area (Å²) < 4.78 is 5.30. The summed E-state index contributed by atoms with van der Waals surface area (Å²) in [6.07, 6.45) is 8.41. The molecule has 2 aliphatic heterocycles. The third kappa shape index (κ3) is 4.45. The van der Waals surface area contributed by atoms with Crippen molar-refractivity contribution in [2.45, 2.75) is 32.1 Å². The molecule has 2 fully saturated rings. The molecule has 0 aromatic heterocycles. The van der Waals surface area contributed by atoms with E-state index in [2.05, 4.69) is 0 Å². The first-order chi connectivity index (χ1) is 12.7. The zero-order chi connectivity index (χ0) is 18.4. The van der Waals surface area contributed by atoms with E-state index in [-0.39, 0.29) is 11.8 Å². The summed E-state index contributed by atoms with van der Waals surface area (Å²) >= 11 is 0. The maximum Gasteiger partial charge on any atom is 0.246 e. The summed E-state index contributed by atoms with van der Waals surface area (Å²) in [4.78, 5) is 28.9. The SMILES string of the molecule is COc1ccccc1/C=C/C(=O)N1CCC(C(=O)N2CCCCC2)CC1. The summed E-state index contributed by atoms with van der Waals surface area (Å²) in [7, 11) is 1.62. The topological polar surface area (TPSA) is 49.9 Å². The second kappa shape index (κ2) is 8.88. The Labute approximate surface area is 155 Å². The molecule has 0 atom stereocenters. The van der Waals surface area contributed by atoms with E-state index < -0.39 is 0 Å². The predicted molar refractivity (Wildman–Crippen MR) is 102 cm³/mol. The maximum absolute atomic E-state index is 12.6. The molecule has 5 heteroatoms. The fraction of sp³-hybridized carbons (Fsp3) is 0.524. The predicted octanol–water partition coefficient (Wildman–Crippen LogP) is 2.96. The number of methoxy groups -OCH3 is 1. The summed E-state index contributed by atoms with van der Waals surface area (Å²) in [6, 6.07) is 7.63. The molecule has 2 heterocycles. The van der Waals surface area contributed by atoms with Crippen molar-refractivity contribution in [2.24, 2.45) is 5.92 Å². The monoisotopic (exact) mass is 356 g/mol. The van der Waals surface area contributed by atoms with E-state index >= 15 is 0 Å². The lowest BCUT2D eigenvalue weighted by molar-refractivity contribution is -0.140. The molecule has 5 nitrogen and oxygen atoms in total. The van der Waals surface area contributed by atoms with E-state index in [4.69, 9.17) is 4.74 Å². The fourth-order valence-corrected chi connectivity index (χ4v) is 3.79. The van der Waals surface area contributed by atoms with Crippen molar-refractivity contribution in [1.82, 2.24) is 9.80 Å². The minimum atomic E-state index is -0.000206. The Morgan fingerprint density at radius 3 is 2.38 bits per heavy atom. The van der Waals surface area contributed by atoms with E-state index in [0.29, 0.717) is 19.0 Å². The van der Waals surface area contributed by atoms with Crippen LogP contribution < -0.4 is 4.74 Å². The van der Waals surface area contributed by atoms with Crippen LogP contribution >= 0.6 is 0 Å². The van der Waals surface area contributed by atoms with Gasteiger partial charge in [-0.25, -0.2) is 0 Å². The average molecular weight is 356 g/mol. The molecule has 2 saturated heterocycles. The minimum Gasteiger partial charge on any atom is -0.496 e. The lowest BCUT2D eigenvalue weighted by atomic mass is 9.94. The van der Waals surface area contributed by atoms with Crippen LogP contribution in [0.2, 0.25) is 0 Å². The van der Waals surface area contributed by atoms with Crippen molar-refractivity contribution in [3.05, 3.63) is 35.9 Å². The van der Waals surface area contributed by atoms with Gasteiger partial charge in [-0.05, 0) is 44.2 Å². The van der Waals surface area contributed by atoms with Gasteiger partial charge in [-0.2, -0.15) is 0 Å². The first-order valence-electron chi connectivity index (χ1n) is 9.58. The Morgan fingerprint density at radius 2 is 1.69 bits per heavy atom. The highest BCUT2D eigenvalue weighted by Gasteiger charge is 2.30. The molecule has 1 aromatic rings. The average Bonchev–Trinajstić information content (AvgIpc) is 2.72. The van der Waals surface area contributed by atoms with Crippen molar-refractivity contribution in [3.8, 4) is 5.75 Å². The number of hydrogen-bond acceptors (Lipinski definition) is 3. The second-order valence-corrected chi connectivity index (χ2v) is 7.06. The number of amides is 2. The highest BCUT2D eigenvalue weighted by molar-refractivity contribution is 5.92. The number of para-hydroxylation sites is 1. The van der Waals surface area contributed by atoms with Gasteiger partial charge in [0.2, 0.25) is 11.8 Å². The molecular formula is C21H28N2O3. The molecule has 26 heavy (non-hydrogen) atoms. The fourth-order valence-electron chi connectivity index (χ4n) is 3.79. The number of ether oxygens (including phenoxy) is 1. The maximum atomic E-state index is 12.6. The molecule has 2 amide bonds. The third-order valence-corrected chi connectivity index (χ3v) is 5.37. The van der Waals surface area contributed by atoms with Gasteiger partial charge < -0.3 is 14.5 Å². The molecule has 0 saturated carbocycles. The van der Waals surface area contributed by atoms with Crippen LogP contribution in [0.15, 0.2) is 30.3 Å².